The topological polar surface area (TPSA) is 49.3 Å². The molecule has 0 bridgehead atoms. The fourth-order valence-corrected chi connectivity index (χ4v) is 4.22. The van der Waals surface area contributed by atoms with Crippen molar-refractivity contribution in [2.24, 2.45) is 5.92 Å². The fraction of sp³-hybridized carbons (Fsp3) is 0.348. The molecule has 3 nitrogen and oxygen atoms in total. The van der Waals surface area contributed by atoms with Crippen LogP contribution in [-0.2, 0) is 5.41 Å². The smallest absolute Gasteiger partial charge is 0.335 e. The molecule has 3 atom stereocenters. The molecule has 3 unspecified atom stereocenters. The molecule has 0 aromatic heterocycles. The Morgan fingerprint density at radius 2 is 1.85 bits per heavy atom. The van der Waals surface area contributed by atoms with Crippen molar-refractivity contribution in [3.63, 3.8) is 0 Å². The van der Waals surface area contributed by atoms with E-state index in [-0.39, 0.29) is 11.5 Å². The van der Waals surface area contributed by atoms with Crippen LogP contribution in [0.3, 0.4) is 0 Å². The molecule has 0 fully saturated rings. The first-order valence-corrected chi connectivity index (χ1v) is 9.25. The van der Waals surface area contributed by atoms with Crippen LogP contribution in [0.15, 0.2) is 54.6 Å². The second-order valence-electron chi connectivity index (χ2n) is 8.45. The van der Waals surface area contributed by atoms with Gasteiger partial charge in [0.25, 0.3) is 0 Å². The van der Waals surface area contributed by atoms with Crippen molar-refractivity contribution in [3.05, 3.63) is 76.9 Å². The lowest BCUT2D eigenvalue weighted by Crippen LogP contribution is -2.29. The van der Waals surface area contributed by atoms with Gasteiger partial charge in [0.2, 0.25) is 0 Å². The molecule has 2 aromatic rings. The summed E-state index contributed by atoms with van der Waals surface area (Å²) in [6.45, 7) is 6.75. The second-order valence-corrected chi connectivity index (χ2v) is 8.45. The normalized spacial score (nSPS) is 23.9. The molecule has 0 saturated heterocycles. The number of hydrogen-bond donors (Lipinski definition) is 2. The molecule has 0 spiro atoms. The maximum atomic E-state index is 11.1. The molecule has 1 aliphatic heterocycles. The molecule has 1 heterocycles. The minimum atomic E-state index is -0.881. The molecule has 0 amide bonds. The fourth-order valence-electron chi connectivity index (χ4n) is 4.22. The third-order valence-corrected chi connectivity index (χ3v) is 5.75. The van der Waals surface area contributed by atoms with Crippen LogP contribution >= 0.6 is 0 Å². The van der Waals surface area contributed by atoms with Gasteiger partial charge in [-0.3, -0.25) is 0 Å². The maximum absolute atomic E-state index is 11.1. The minimum absolute atomic E-state index is 0.135. The van der Waals surface area contributed by atoms with Crippen molar-refractivity contribution < 1.29 is 9.90 Å². The van der Waals surface area contributed by atoms with Gasteiger partial charge in [0.1, 0.15) is 0 Å². The monoisotopic (exact) mass is 347 g/mol. The number of nitrogens with one attached hydrogen (secondary N) is 1. The highest BCUT2D eigenvalue weighted by atomic mass is 16.4. The second kappa shape index (κ2) is 6.01. The van der Waals surface area contributed by atoms with Crippen LogP contribution in [-0.4, -0.2) is 11.1 Å². The lowest BCUT2D eigenvalue weighted by molar-refractivity contribution is 0.0697. The SMILES string of the molecule is CC(C)(C)c1ccc2c(c1)C1C=CCC1C(c1ccc(C(=O)O)cc1)N2. The van der Waals surface area contributed by atoms with Crippen molar-refractivity contribution in [2.75, 3.05) is 5.32 Å². The summed E-state index contributed by atoms with van der Waals surface area (Å²) in [5.74, 6) is -0.000264. The molecule has 134 valence electrons. The van der Waals surface area contributed by atoms with E-state index in [0.717, 1.165) is 12.0 Å². The highest BCUT2D eigenvalue weighted by molar-refractivity contribution is 5.87. The van der Waals surface area contributed by atoms with E-state index < -0.39 is 5.97 Å². The van der Waals surface area contributed by atoms with Crippen LogP contribution in [0.5, 0.6) is 0 Å². The molecular weight excluding hydrogens is 322 g/mol. The predicted octanol–water partition coefficient (Wildman–Crippen LogP) is 5.51. The largest absolute Gasteiger partial charge is 0.478 e. The molecule has 2 N–H and O–H groups in total. The number of aromatic carboxylic acids is 1. The Labute approximate surface area is 154 Å². The summed E-state index contributed by atoms with van der Waals surface area (Å²) < 4.78 is 0. The van der Waals surface area contributed by atoms with Crippen LogP contribution in [0.1, 0.15) is 66.2 Å². The predicted molar refractivity (Wildman–Crippen MR) is 105 cm³/mol. The van der Waals surface area contributed by atoms with Crippen LogP contribution in [0, 0.1) is 5.92 Å². The Bertz CT molecular complexity index is 874. The number of hydrogen-bond acceptors (Lipinski definition) is 2. The summed E-state index contributed by atoms with van der Waals surface area (Å²) in [5, 5.41) is 12.9. The van der Waals surface area contributed by atoms with Crippen LogP contribution in [0.25, 0.3) is 0 Å². The molecule has 0 radical (unpaired) electrons. The molecule has 3 heteroatoms. The van der Waals surface area contributed by atoms with E-state index >= 15 is 0 Å². The number of carboxylic acids is 1. The van der Waals surface area contributed by atoms with Gasteiger partial charge in [-0.2, -0.15) is 0 Å². The van der Waals surface area contributed by atoms with E-state index in [0.29, 0.717) is 17.4 Å². The van der Waals surface area contributed by atoms with Crippen LogP contribution < -0.4 is 5.32 Å². The Balaban J connectivity index is 1.72. The standard InChI is InChI=1S/C23H25NO2/c1-23(2,3)16-11-12-20-19(13-16)17-5-4-6-18(17)21(24-20)14-7-9-15(10-8-14)22(25)26/h4-5,7-13,17-18,21,24H,6H2,1-3H3,(H,25,26). The first kappa shape index (κ1) is 16.9. The van der Waals surface area contributed by atoms with E-state index in [1.165, 1.54) is 16.8 Å². The van der Waals surface area contributed by atoms with E-state index in [1.807, 2.05) is 12.1 Å². The number of benzene rings is 2. The van der Waals surface area contributed by atoms with Crippen molar-refractivity contribution in [3.8, 4) is 0 Å². The third kappa shape index (κ3) is 2.82. The van der Waals surface area contributed by atoms with Gasteiger partial charge >= 0.3 is 5.97 Å². The highest BCUT2D eigenvalue weighted by Crippen LogP contribution is 2.50. The number of fused-ring (bicyclic) bond motifs is 3. The lowest BCUT2D eigenvalue weighted by atomic mass is 9.75. The molecule has 4 rings (SSSR count). The molecule has 26 heavy (non-hydrogen) atoms. The summed E-state index contributed by atoms with van der Waals surface area (Å²) in [7, 11) is 0. The van der Waals surface area contributed by atoms with Gasteiger partial charge in [0.15, 0.2) is 0 Å². The Hall–Kier alpha value is -2.55. The van der Waals surface area contributed by atoms with Crippen LogP contribution in [0.2, 0.25) is 0 Å². The summed E-state index contributed by atoms with van der Waals surface area (Å²) in [6, 6.07) is 14.3. The van der Waals surface area contributed by atoms with Crippen molar-refractivity contribution in [1.82, 2.24) is 0 Å². The molecule has 2 aliphatic rings. The van der Waals surface area contributed by atoms with Gasteiger partial charge in [-0.25, -0.2) is 4.79 Å². The zero-order valence-corrected chi connectivity index (χ0v) is 15.5. The van der Waals surface area contributed by atoms with E-state index in [1.54, 1.807) is 12.1 Å². The van der Waals surface area contributed by atoms with Crippen molar-refractivity contribution in [1.29, 1.82) is 0 Å². The zero-order chi connectivity index (χ0) is 18.5. The number of rotatable bonds is 2. The maximum Gasteiger partial charge on any atom is 0.335 e. The molecule has 2 aromatic carbocycles. The average Bonchev–Trinajstić information content (AvgIpc) is 3.10. The Kier molecular flexibility index (Phi) is 3.91. The molecular formula is C23H25NO2. The summed E-state index contributed by atoms with van der Waals surface area (Å²) in [5.41, 5.74) is 5.56. The lowest BCUT2D eigenvalue weighted by Gasteiger charge is -2.38. The van der Waals surface area contributed by atoms with E-state index in [4.69, 9.17) is 5.11 Å². The minimum Gasteiger partial charge on any atom is -0.478 e. The summed E-state index contributed by atoms with van der Waals surface area (Å²) >= 11 is 0. The highest BCUT2D eigenvalue weighted by Gasteiger charge is 2.38. The van der Waals surface area contributed by atoms with E-state index in [9.17, 15) is 4.79 Å². The Morgan fingerprint density at radius 3 is 2.50 bits per heavy atom. The Morgan fingerprint density at radius 1 is 1.12 bits per heavy atom. The molecule has 1 aliphatic carbocycles. The van der Waals surface area contributed by atoms with Crippen molar-refractivity contribution in [2.45, 2.75) is 44.6 Å². The first-order valence-electron chi connectivity index (χ1n) is 9.25. The van der Waals surface area contributed by atoms with Gasteiger partial charge < -0.3 is 10.4 Å². The number of carbonyl (C=O) groups is 1. The van der Waals surface area contributed by atoms with Gasteiger partial charge in [0.05, 0.1) is 11.6 Å². The van der Waals surface area contributed by atoms with Gasteiger partial charge in [-0.05, 0) is 52.6 Å². The number of anilines is 1. The summed E-state index contributed by atoms with van der Waals surface area (Å²) in [4.78, 5) is 11.1. The molecule has 0 saturated carbocycles. The number of allylic oxidation sites excluding steroid dienone is 2. The van der Waals surface area contributed by atoms with Gasteiger partial charge in [0, 0.05) is 11.6 Å². The first-order chi connectivity index (χ1) is 12.3. The summed E-state index contributed by atoms with van der Waals surface area (Å²) in [6.07, 6.45) is 5.67. The van der Waals surface area contributed by atoms with Crippen molar-refractivity contribution >= 4 is 11.7 Å². The van der Waals surface area contributed by atoms with E-state index in [2.05, 4.69) is 56.4 Å². The van der Waals surface area contributed by atoms with Gasteiger partial charge in [-0.1, -0.05) is 57.2 Å². The third-order valence-electron chi connectivity index (χ3n) is 5.75. The zero-order valence-electron chi connectivity index (χ0n) is 15.5. The average molecular weight is 347 g/mol. The quantitative estimate of drug-likeness (QED) is 0.704. The van der Waals surface area contributed by atoms with Crippen LogP contribution in [0.4, 0.5) is 5.69 Å². The van der Waals surface area contributed by atoms with Gasteiger partial charge in [-0.15, -0.1) is 0 Å². The number of carboxylic acid groups (broad SMARTS) is 1.